The summed E-state index contributed by atoms with van der Waals surface area (Å²) in [5.41, 5.74) is -0.219. The van der Waals surface area contributed by atoms with Gasteiger partial charge in [0.2, 0.25) is 0 Å². The molecule has 0 unspecified atom stereocenters. The number of methoxy groups -OCH3 is 1. The van der Waals surface area contributed by atoms with Crippen molar-refractivity contribution in [3.05, 3.63) is 11.8 Å². The van der Waals surface area contributed by atoms with Gasteiger partial charge in [-0.15, -0.1) is 0 Å². The molecule has 0 aromatic carbocycles. The van der Waals surface area contributed by atoms with Crippen LogP contribution in [0.3, 0.4) is 0 Å². The third-order valence-corrected chi connectivity index (χ3v) is 4.12. The van der Waals surface area contributed by atoms with Crippen LogP contribution in [-0.2, 0) is 24.3 Å². The molecule has 1 rings (SSSR count). The first-order chi connectivity index (χ1) is 9.34. The van der Waals surface area contributed by atoms with E-state index in [1.807, 2.05) is 0 Å². The number of esters is 2. The van der Waals surface area contributed by atoms with Crippen LogP contribution >= 0.6 is 0 Å². The van der Waals surface area contributed by atoms with E-state index in [9.17, 15) is 18.0 Å². The number of ether oxygens (including phenoxy) is 2. The molecule has 0 saturated carbocycles. The zero-order valence-corrected chi connectivity index (χ0v) is 12.1. The molecule has 0 spiro atoms. The molecule has 0 fully saturated rings. The van der Waals surface area contributed by atoms with Gasteiger partial charge < -0.3 is 9.47 Å². The summed E-state index contributed by atoms with van der Waals surface area (Å²) in [6.45, 7) is 1.21. The van der Waals surface area contributed by atoms with Crippen LogP contribution in [0.5, 0.6) is 0 Å². The molecular weight excluding hydrogens is 290 g/mol. The van der Waals surface area contributed by atoms with Crippen LogP contribution in [0.4, 0.5) is 0 Å². The molecule has 0 saturated heterocycles. The summed E-state index contributed by atoms with van der Waals surface area (Å²) in [6, 6.07) is 0. The number of nitrogens with zero attached hydrogens (tertiary/aromatic N) is 2. The Labute approximate surface area is 115 Å². The first-order valence-electron chi connectivity index (χ1n) is 5.58. The molecular formula is C10H15N3O6S. The second kappa shape index (κ2) is 6.48. The van der Waals surface area contributed by atoms with Crippen molar-refractivity contribution in [2.75, 3.05) is 27.3 Å². The van der Waals surface area contributed by atoms with Gasteiger partial charge >= 0.3 is 11.9 Å². The highest BCUT2D eigenvalue weighted by atomic mass is 32.2. The van der Waals surface area contributed by atoms with Crippen LogP contribution in [0.2, 0.25) is 0 Å². The van der Waals surface area contributed by atoms with E-state index >= 15 is 0 Å². The zero-order chi connectivity index (χ0) is 15.3. The number of aromatic amines is 1. The van der Waals surface area contributed by atoms with Crippen LogP contribution in [0.1, 0.15) is 17.3 Å². The van der Waals surface area contributed by atoms with E-state index in [1.165, 1.54) is 7.05 Å². The lowest BCUT2D eigenvalue weighted by Gasteiger charge is -2.15. The van der Waals surface area contributed by atoms with Crippen molar-refractivity contribution in [3.63, 3.8) is 0 Å². The largest absolute Gasteiger partial charge is 0.468 e. The van der Waals surface area contributed by atoms with Crippen molar-refractivity contribution in [2.45, 2.75) is 11.9 Å². The van der Waals surface area contributed by atoms with Crippen molar-refractivity contribution < 1.29 is 27.5 Å². The quantitative estimate of drug-likeness (QED) is 0.696. The molecule has 0 aliphatic carbocycles. The average molecular weight is 305 g/mol. The molecule has 1 N–H and O–H groups in total. The normalized spacial score (nSPS) is 11.4. The number of rotatable bonds is 6. The fraction of sp³-hybridized carbons (Fsp3) is 0.500. The highest BCUT2D eigenvalue weighted by molar-refractivity contribution is 7.89. The number of H-pyrrole nitrogens is 1. The van der Waals surface area contributed by atoms with Crippen molar-refractivity contribution in [3.8, 4) is 0 Å². The lowest BCUT2D eigenvalue weighted by molar-refractivity contribution is -0.140. The molecule has 20 heavy (non-hydrogen) atoms. The number of likely N-dealkylation sites (N-methyl/N-ethyl adjacent to an activating group) is 1. The maximum absolute atomic E-state index is 12.2. The fourth-order valence-corrected chi connectivity index (χ4v) is 2.48. The molecule has 0 aliphatic heterocycles. The van der Waals surface area contributed by atoms with Gasteiger partial charge in [-0.05, 0) is 6.92 Å². The van der Waals surface area contributed by atoms with E-state index < -0.39 is 33.5 Å². The molecule has 1 aromatic rings. The fourth-order valence-electron chi connectivity index (χ4n) is 1.31. The molecule has 0 amide bonds. The lowest BCUT2D eigenvalue weighted by atomic mass is 10.4. The summed E-state index contributed by atoms with van der Waals surface area (Å²) < 4.78 is 34.3. The van der Waals surface area contributed by atoms with Gasteiger partial charge in [-0.25, -0.2) is 13.2 Å². The minimum Gasteiger partial charge on any atom is -0.468 e. The van der Waals surface area contributed by atoms with E-state index in [4.69, 9.17) is 4.74 Å². The number of hydrogen-bond donors (Lipinski definition) is 1. The van der Waals surface area contributed by atoms with E-state index in [2.05, 4.69) is 14.9 Å². The van der Waals surface area contributed by atoms with E-state index in [1.54, 1.807) is 6.92 Å². The second-order valence-corrected chi connectivity index (χ2v) is 5.65. The summed E-state index contributed by atoms with van der Waals surface area (Å²) in [6.07, 6.45) is 1.05. The van der Waals surface area contributed by atoms with Gasteiger partial charge in [0.05, 0.1) is 19.9 Å². The summed E-state index contributed by atoms with van der Waals surface area (Å²) in [5, 5.41) is 5.32. The zero-order valence-electron chi connectivity index (χ0n) is 11.2. The van der Waals surface area contributed by atoms with Crippen LogP contribution < -0.4 is 0 Å². The van der Waals surface area contributed by atoms with Gasteiger partial charge in [-0.2, -0.15) is 9.40 Å². The van der Waals surface area contributed by atoms with Crippen molar-refractivity contribution >= 4 is 22.0 Å². The lowest BCUT2D eigenvalue weighted by Crippen LogP contribution is -2.33. The number of aromatic nitrogens is 2. The van der Waals surface area contributed by atoms with Gasteiger partial charge in [-0.3, -0.25) is 9.89 Å². The Bertz CT molecular complexity index is 594. The predicted octanol–water partition coefficient (Wildman–Crippen LogP) is -0.620. The standard InChI is InChI=1S/C10H15N3O6S/c1-4-19-10(15)7-5-11-12-9(7)20(16,17)13(2)6-8(14)18-3/h5H,4,6H2,1-3H3,(H,11,12). The Morgan fingerprint density at radius 1 is 1.45 bits per heavy atom. The molecule has 9 nitrogen and oxygen atoms in total. The molecule has 0 aliphatic rings. The first kappa shape index (κ1) is 16.1. The first-order valence-corrected chi connectivity index (χ1v) is 7.02. The number of carbonyl (C=O) groups excluding carboxylic acids is 2. The van der Waals surface area contributed by atoms with Gasteiger partial charge in [-0.1, -0.05) is 0 Å². The topological polar surface area (TPSA) is 119 Å². The summed E-state index contributed by atoms with van der Waals surface area (Å²) in [7, 11) is -1.76. The Hall–Kier alpha value is -1.94. The molecule has 1 heterocycles. The number of sulfonamides is 1. The van der Waals surface area contributed by atoms with Gasteiger partial charge in [0.25, 0.3) is 10.0 Å². The molecule has 0 bridgehead atoms. The molecule has 0 radical (unpaired) electrons. The maximum Gasteiger partial charge on any atom is 0.342 e. The van der Waals surface area contributed by atoms with Crippen LogP contribution in [0.15, 0.2) is 11.2 Å². The van der Waals surface area contributed by atoms with Crippen LogP contribution in [-0.4, -0.2) is 62.2 Å². The highest BCUT2D eigenvalue weighted by Crippen LogP contribution is 2.17. The minimum atomic E-state index is -4.08. The molecule has 1 aromatic heterocycles. The minimum absolute atomic E-state index is 0.0987. The van der Waals surface area contributed by atoms with Crippen molar-refractivity contribution in [1.82, 2.24) is 14.5 Å². The Morgan fingerprint density at radius 2 is 2.10 bits per heavy atom. The number of nitrogens with one attached hydrogen (secondary N) is 1. The smallest absolute Gasteiger partial charge is 0.342 e. The van der Waals surface area contributed by atoms with Gasteiger partial charge in [0.1, 0.15) is 12.1 Å². The maximum atomic E-state index is 12.2. The third kappa shape index (κ3) is 3.33. The van der Waals surface area contributed by atoms with E-state index in [0.29, 0.717) is 0 Å². The summed E-state index contributed by atoms with van der Waals surface area (Å²) in [5.74, 6) is -1.54. The van der Waals surface area contributed by atoms with E-state index in [0.717, 1.165) is 17.6 Å². The van der Waals surface area contributed by atoms with Gasteiger partial charge in [0, 0.05) is 7.05 Å². The SMILES string of the molecule is CCOC(=O)c1cn[nH]c1S(=O)(=O)N(C)CC(=O)OC. The predicted molar refractivity (Wildman–Crippen MR) is 66.4 cm³/mol. The van der Waals surface area contributed by atoms with Crippen molar-refractivity contribution in [2.24, 2.45) is 0 Å². The average Bonchev–Trinajstić information content (AvgIpc) is 2.88. The van der Waals surface area contributed by atoms with Crippen molar-refractivity contribution in [1.29, 1.82) is 0 Å². The summed E-state index contributed by atoms with van der Waals surface area (Å²) >= 11 is 0. The van der Waals surface area contributed by atoms with Crippen LogP contribution in [0, 0.1) is 0 Å². The Morgan fingerprint density at radius 3 is 2.65 bits per heavy atom. The third-order valence-electron chi connectivity index (χ3n) is 2.35. The Balaban J connectivity index is 3.07. The summed E-state index contributed by atoms with van der Waals surface area (Å²) in [4.78, 5) is 22.7. The second-order valence-electron chi connectivity index (χ2n) is 3.67. The highest BCUT2D eigenvalue weighted by Gasteiger charge is 2.30. The molecule has 10 heteroatoms. The van der Waals surface area contributed by atoms with Crippen LogP contribution in [0.25, 0.3) is 0 Å². The Kier molecular flexibility index (Phi) is 5.22. The monoisotopic (exact) mass is 305 g/mol. The number of hydrogen-bond acceptors (Lipinski definition) is 7. The van der Waals surface area contributed by atoms with E-state index in [-0.39, 0.29) is 12.2 Å². The van der Waals surface area contributed by atoms with Gasteiger partial charge in [0.15, 0.2) is 5.03 Å². The number of carbonyl (C=O) groups is 2. The molecule has 0 atom stereocenters. The molecule has 112 valence electrons.